The first-order chi connectivity index (χ1) is 8.20. The van der Waals surface area contributed by atoms with Gasteiger partial charge >= 0.3 is 0 Å². The van der Waals surface area contributed by atoms with E-state index >= 15 is 0 Å². The summed E-state index contributed by atoms with van der Waals surface area (Å²) in [6.07, 6.45) is 2.01. The van der Waals surface area contributed by atoms with Crippen LogP contribution in [0.4, 0.5) is 5.69 Å². The summed E-state index contributed by atoms with van der Waals surface area (Å²) in [5.41, 5.74) is 7.94. The van der Waals surface area contributed by atoms with Gasteiger partial charge in [0.05, 0.1) is 0 Å². The molecule has 0 fully saturated rings. The van der Waals surface area contributed by atoms with Crippen LogP contribution in [0.5, 0.6) is 0 Å². The second kappa shape index (κ2) is 4.82. The Morgan fingerprint density at radius 2 is 2.24 bits per heavy atom. The third kappa shape index (κ3) is 2.53. The van der Waals surface area contributed by atoms with Gasteiger partial charge in [0, 0.05) is 24.8 Å². The number of nitrogen functional groups attached to an aromatic ring is 1. The highest BCUT2D eigenvalue weighted by atomic mass is 16.1. The normalized spacial score (nSPS) is 10.4. The van der Waals surface area contributed by atoms with Gasteiger partial charge in [0.1, 0.15) is 5.69 Å². The molecule has 0 unspecified atom stereocenters. The SMILES string of the molecule is CCn1nccc1C(=O)Cc1cccc(N)c1. The average Bonchev–Trinajstić information content (AvgIpc) is 2.77. The molecule has 0 radical (unpaired) electrons. The first-order valence-corrected chi connectivity index (χ1v) is 5.60. The quantitative estimate of drug-likeness (QED) is 0.643. The van der Waals surface area contributed by atoms with E-state index in [-0.39, 0.29) is 5.78 Å². The minimum absolute atomic E-state index is 0.0648. The predicted octanol–water partition coefficient (Wildman–Crippen LogP) is 1.91. The molecule has 2 aromatic rings. The number of benzene rings is 1. The summed E-state index contributed by atoms with van der Waals surface area (Å²) in [6.45, 7) is 2.66. The molecule has 2 N–H and O–H groups in total. The van der Waals surface area contributed by atoms with Crippen LogP contribution >= 0.6 is 0 Å². The number of rotatable bonds is 4. The Kier molecular flexibility index (Phi) is 3.23. The first-order valence-electron chi connectivity index (χ1n) is 5.60. The van der Waals surface area contributed by atoms with Gasteiger partial charge in [-0.2, -0.15) is 5.10 Å². The fraction of sp³-hybridized carbons (Fsp3) is 0.231. The van der Waals surface area contributed by atoms with E-state index < -0.39 is 0 Å². The monoisotopic (exact) mass is 229 g/mol. The minimum atomic E-state index is 0.0648. The standard InChI is InChI=1S/C13H15N3O/c1-2-16-12(6-7-15-16)13(17)9-10-4-3-5-11(14)8-10/h3-8H,2,9,14H2,1H3. The Balaban J connectivity index is 2.17. The minimum Gasteiger partial charge on any atom is -0.399 e. The molecular formula is C13H15N3O. The summed E-state index contributed by atoms with van der Waals surface area (Å²) in [7, 11) is 0. The van der Waals surface area contributed by atoms with Crippen LogP contribution in [0.25, 0.3) is 0 Å². The lowest BCUT2D eigenvalue weighted by molar-refractivity contribution is 0.0983. The molecule has 0 aliphatic heterocycles. The second-order valence-electron chi connectivity index (χ2n) is 3.88. The average molecular weight is 229 g/mol. The summed E-state index contributed by atoms with van der Waals surface area (Å²) >= 11 is 0. The fourth-order valence-corrected chi connectivity index (χ4v) is 1.80. The van der Waals surface area contributed by atoms with Crippen molar-refractivity contribution in [1.29, 1.82) is 0 Å². The molecule has 0 aliphatic rings. The summed E-state index contributed by atoms with van der Waals surface area (Å²) in [5.74, 6) is 0.0648. The summed E-state index contributed by atoms with van der Waals surface area (Å²) in [5, 5.41) is 4.09. The molecule has 1 aromatic carbocycles. The molecule has 0 bridgehead atoms. The van der Waals surface area contributed by atoms with Crippen LogP contribution in [0.2, 0.25) is 0 Å². The predicted molar refractivity (Wildman–Crippen MR) is 66.8 cm³/mol. The second-order valence-corrected chi connectivity index (χ2v) is 3.88. The van der Waals surface area contributed by atoms with Gasteiger partial charge in [-0.05, 0) is 30.7 Å². The molecule has 2 rings (SSSR count). The molecule has 0 aliphatic carbocycles. The molecule has 0 atom stereocenters. The number of ketones is 1. The largest absolute Gasteiger partial charge is 0.399 e. The molecule has 0 amide bonds. The maximum absolute atomic E-state index is 12.1. The van der Waals surface area contributed by atoms with Gasteiger partial charge in [-0.1, -0.05) is 12.1 Å². The van der Waals surface area contributed by atoms with Gasteiger partial charge in [-0.3, -0.25) is 9.48 Å². The lowest BCUT2D eigenvalue weighted by atomic mass is 10.1. The van der Waals surface area contributed by atoms with Crippen molar-refractivity contribution in [2.75, 3.05) is 5.73 Å². The highest BCUT2D eigenvalue weighted by molar-refractivity contribution is 5.96. The molecule has 88 valence electrons. The van der Waals surface area contributed by atoms with Gasteiger partial charge in [0.15, 0.2) is 5.78 Å². The third-order valence-corrected chi connectivity index (χ3v) is 2.62. The fourth-order valence-electron chi connectivity index (χ4n) is 1.80. The number of anilines is 1. The molecular weight excluding hydrogens is 214 g/mol. The van der Waals surface area contributed by atoms with E-state index in [0.717, 1.165) is 5.56 Å². The van der Waals surface area contributed by atoms with Crippen molar-refractivity contribution < 1.29 is 4.79 Å². The number of nitrogens with zero attached hydrogens (tertiary/aromatic N) is 2. The number of nitrogens with two attached hydrogens (primary N) is 1. The smallest absolute Gasteiger partial charge is 0.185 e. The van der Waals surface area contributed by atoms with Gasteiger partial charge in [-0.25, -0.2) is 0 Å². The molecule has 4 nitrogen and oxygen atoms in total. The number of Topliss-reactive ketones (excluding diaryl/α,β-unsaturated/α-hetero) is 1. The Morgan fingerprint density at radius 3 is 2.94 bits per heavy atom. The van der Waals surface area contributed by atoms with Crippen LogP contribution in [-0.2, 0) is 13.0 Å². The maximum Gasteiger partial charge on any atom is 0.185 e. The molecule has 0 saturated carbocycles. The lowest BCUT2D eigenvalue weighted by Crippen LogP contribution is -2.11. The van der Waals surface area contributed by atoms with Gasteiger partial charge in [-0.15, -0.1) is 0 Å². The van der Waals surface area contributed by atoms with Crippen molar-refractivity contribution in [3.63, 3.8) is 0 Å². The van der Waals surface area contributed by atoms with Crippen LogP contribution in [0, 0.1) is 0 Å². The number of aromatic nitrogens is 2. The first kappa shape index (κ1) is 11.4. The van der Waals surface area contributed by atoms with E-state index in [0.29, 0.717) is 24.3 Å². The van der Waals surface area contributed by atoms with Crippen molar-refractivity contribution >= 4 is 11.5 Å². The molecule has 0 spiro atoms. The van der Waals surface area contributed by atoms with Crippen LogP contribution in [-0.4, -0.2) is 15.6 Å². The Bertz CT molecular complexity index is 531. The zero-order chi connectivity index (χ0) is 12.3. The van der Waals surface area contributed by atoms with E-state index in [4.69, 9.17) is 5.73 Å². The maximum atomic E-state index is 12.1. The zero-order valence-corrected chi connectivity index (χ0v) is 9.76. The Hall–Kier alpha value is -2.10. The van der Waals surface area contributed by atoms with E-state index in [1.54, 1.807) is 16.9 Å². The van der Waals surface area contributed by atoms with Crippen molar-refractivity contribution in [3.8, 4) is 0 Å². The molecule has 4 heteroatoms. The van der Waals surface area contributed by atoms with Crippen LogP contribution in [0.3, 0.4) is 0 Å². The highest BCUT2D eigenvalue weighted by Crippen LogP contribution is 2.10. The number of hydrogen-bond acceptors (Lipinski definition) is 3. The van der Waals surface area contributed by atoms with Gasteiger partial charge in [0.2, 0.25) is 0 Å². The molecule has 1 aromatic heterocycles. The van der Waals surface area contributed by atoms with E-state index in [9.17, 15) is 4.79 Å². The van der Waals surface area contributed by atoms with Crippen molar-refractivity contribution in [1.82, 2.24) is 9.78 Å². The van der Waals surface area contributed by atoms with Crippen molar-refractivity contribution in [3.05, 3.63) is 47.8 Å². The Labute approximate surface area is 100 Å². The highest BCUT2D eigenvalue weighted by Gasteiger charge is 2.11. The summed E-state index contributed by atoms with van der Waals surface area (Å²) in [6, 6.07) is 9.14. The number of aryl methyl sites for hydroxylation is 1. The van der Waals surface area contributed by atoms with Crippen molar-refractivity contribution in [2.24, 2.45) is 0 Å². The number of carbonyl (C=O) groups excluding carboxylic acids is 1. The van der Waals surface area contributed by atoms with Crippen LogP contribution in [0.15, 0.2) is 36.5 Å². The molecule has 1 heterocycles. The topological polar surface area (TPSA) is 60.9 Å². The molecule has 0 saturated heterocycles. The molecule has 17 heavy (non-hydrogen) atoms. The van der Waals surface area contributed by atoms with E-state index in [2.05, 4.69) is 5.10 Å². The summed E-state index contributed by atoms with van der Waals surface area (Å²) in [4.78, 5) is 12.1. The van der Waals surface area contributed by atoms with Gasteiger partial charge in [0.25, 0.3) is 0 Å². The zero-order valence-electron chi connectivity index (χ0n) is 9.76. The number of carbonyl (C=O) groups is 1. The van der Waals surface area contributed by atoms with E-state index in [1.807, 2.05) is 31.2 Å². The van der Waals surface area contributed by atoms with Crippen LogP contribution < -0.4 is 5.73 Å². The van der Waals surface area contributed by atoms with Gasteiger partial charge < -0.3 is 5.73 Å². The van der Waals surface area contributed by atoms with E-state index in [1.165, 1.54) is 0 Å². The Morgan fingerprint density at radius 1 is 1.41 bits per heavy atom. The van der Waals surface area contributed by atoms with Crippen molar-refractivity contribution in [2.45, 2.75) is 19.9 Å². The summed E-state index contributed by atoms with van der Waals surface area (Å²) < 4.78 is 1.70. The lowest BCUT2D eigenvalue weighted by Gasteiger charge is -2.04. The van der Waals surface area contributed by atoms with Crippen LogP contribution in [0.1, 0.15) is 23.0 Å². The number of hydrogen-bond donors (Lipinski definition) is 1. The third-order valence-electron chi connectivity index (χ3n) is 2.62.